The van der Waals surface area contributed by atoms with E-state index in [1.165, 1.54) is 180 Å². The number of hydrogen-bond acceptors (Lipinski definition) is 2. The van der Waals surface area contributed by atoms with E-state index in [0.29, 0.717) is 0 Å². The quantitative estimate of drug-likeness (QED) is 0.0458. The molecule has 0 aromatic heterocycles. The van der Waals surface area contributed by atoms with E-state index in [2.05, 4.69) is 38.2 Å². The van der Waals surface area contributed by atoms with Crippen LogP contribution in [0.3, 0.4) is 0 Å². The minimum Gasteiger partial charge on any atom is -0.381 e. The van der Waals surface area contributed by atoms with Gasteiger partial charge in [-0.3, -0.25) is 0 Å². The molecule has 0 saturated heterocycles. The molecule has 0 atom stereocenters. The maximum Gasteiger partial charge on any atom is 0.692 e. The zero-order valence-electron chi connectivity index (χ0n) is 27.7. The van der Waals surface area contributed by atoms with Gasteiger partial charge in [0.1, 0.15) is 0 Å². The smallest absolute Gasteiger partial charge is 0.381 e. The summed E-state index contributed by atoms with van der Waals surface area (Å²) in [6, 6.07) is 0. The van der Waals surface area contributed by atoms with Gasteiger partial charge in [-0.05, 0) is 64.2 Å². The molecule has 5 heteroatoms. The maximum absolute atomic E-state index is 8.70. The van der Waals surface area contributed by atoms with E-state index in [1.54, 1.807) is 0 Å². The van der Waals surface area contributed by atoms with Crippen LogP contribution in [0.4, 0.5) is 0 Å². The fourth-order valence-corrected chi connectivity index (χ4v) is 5.01. The van der Waals surface area contributed by atoms with Gasteiger partial charge in [0.15, 0.2) is 0 Å². The van der Waals surface area contributed by atoms with Gasteiger partial charge in [0.2, 0.25) is 0 Å². The number of allylic oxidation sites excluding steroid dienone is 4. The van der Waals surface area contributed by atoms with Crippen molar-refractivity contribution < 1.29 is 19.1 Å². The fraction of sp³-hybridized carbons (Fsp3) is 0.889. The highest BCUT2D eigenvalue weighted by Gasteiger charge is 1.95. The molecule has 0 spiro atoms. The van der Waals surface area contributed by atoms with Crippen LogP contribution in [0.25, 0.3) is 0 Å². The third kappa shape index (κ3) is 49.5. The van der Waals surface area contributed by atoms with Crippen LogP contribution in [0.15, 0.2) is 24.3 Å². The Bertz CT molecular complexity index is 492. The lowest BCUT2D eigenvalue weighted by molar-refractivity contribution is 0.125. The lowest BCUT2D eigenvalue weighted by atomic mass is 10.1. The Balaban J connectivity index is 0. The van der Waals surface area contributed by atoms with Gasteiger partial charge in [-0.1, -0.05) is 154 Å². The lowest BCUT2D eigenvalue weighted by Crippen LogP contribution is -1.97. The third-order valence-electron chi connectivity index (χ3n) is 7.60. The van der Waals surface area contributed by atoms with Gasteiger partial charge in [0, 0.05) is 17.8 Å². The summed E-state index contributed by atoms with van der Waals surface area (Å²) in [5.41, 5.74) is 0. The van der Waals surface area contributed by atoms with Crippen LogP contribution in [0.2, 0.25) is 0 Å². The summed E-state index contributed by atoms with van der Waals surface area (Å²) in [6.07, 6.45) is 48.1. The third-order valence-corrected chi connectivity index (χ3v) is 7.60. The Morgan fingerprint density at radius 3 is 0.902 bits per heavy atom. The van der Waals surface area contributed by atoms with Crippen molar-refractivity contribution in [1.82, 2.24) is 0 Å². The van der Waals surface area contributed by atoms with Crippen molar-refractivity contribution in [2.45, 2.75) is 194 Å². The van der Waals surface area contributed by atoms with Crippen molar-refractivity contribution >= 4 is 8.25 Å². The minimum atomic E-state index is -2.87. The zero-order valence-corrected chi connectivity index (χ0v) is 28.6. The van der Waals surface area contributed by atoms with E-state index in [4.69, 9.17) is 19.1 Å². The van der Waals surface area contributed by atoms with E-state index in [1.807, 2.05) is 0 Å². The van der Waals surface area contributed by atoms with Crippen molar-refractivity contribution in [3.63, 3.8) is 0 Å². The highest BCUT2D eigenvalue weighted by Crippen LogP contribution is 2.12. The van der Waals surface area contributed by atoms with Crippen molar-refractivity contribution in [3.05, 3.63) is 24.3 Å². The minimum absolute atomic E-state index is 0.978. The topological polar surface area (TPSA) is 66.8 Å². The van der Waals surface area contributed by atoms with Crippen molar-refractivity contribution in [2.75, 3.05) is 13.2 Å². The molecule has 0 aromatic carbocycles. The summed E-state index contributed by atoms with van der Waals surface area (Å²) in [6.45, 7) is 6.54. The van der Waals surface area contributed by atoms with E-state index >= 15 is 0 Å². The Morgan fingerprint density at radius 1 is 0.415 bits per heavy atom. The Morgan fingerprint density at radius 2 is 0.634 bits per heavy atom. The second kappa shape index (κ2) is 41.6. The molecule has 0 bridgehead atoms. The molecule has 0 aromatic rings. The Hall–Kier alpha value is -0.540. The normalized spacial score (nSPS) is 11.4. The van der Waals surface area contributed by atoms with Gasteiger partial charge in [-0.15, -0.1) is 9.79 Å². The first-order chi connectivity index (χ1) is 20.1. The molecule has 244 valence electrons. The van der Waals surface area contributed by atoms with Gasteiger partial charge >= 0.3 is 8.25 Å². The average molecular weight is 600 g/mol. The second-order valence-electron chi connectivity index (χ2n) is 11.7. The number of unbranched alkanes of at least 4 members (excludes halogenated alkanes) is 24. The fourth-order valence-electron chi connectivity index (χ4n) is 5.01. The second-order valence-corrected chi connectivity index (χ2v) is 12.2. The first-order valence-corrected chi connectivity index (χ1v) is 19.0. The van der Waals surface area contributed by atoms with Crippen molar-refractivity contribution in [1.29, 1.82) is 0 Å². The van der Waals surface area contributed by atoms with Gasteiger partial charge in [0.25, 0.3) is 0 Å². The molecule has 0 saturated carbocycles. The predicted molar refractivity (Wildman–Crippen MR) is 182 cm³/mol. The molecule has 4 nitrogen and oxygen atoms in total. The van der Waals surface area contributed by atoms with Gasteiger partial charge in [0.05, 0.1) is 0 Å². The van der Waals surface area contributed by atoms with Gasteiger partial charge in [-0.2, -0.15) is 0 Å². The standard InChI is InChI=1S/C36H70O.HO3P/c1-3-5-7-9-11-13-15-17-19-21-23-25-27-29-31-33-35-37-36-34-32-30-28-26-24-22-20-18-16-14-12-10-8-6-4-2;1-4(2)3/h17-20H,3-16,21-36H2,1-2H3;(H-,1,2,3)/p+1/b19-17-,20-18-;. The summed E-state index contributed by atoms with van der Waals surface area (Å²) < 4.78 is 14.6. The van der Waals surface area contributed by atoms with Crippen LogP contribution in [-0.4, -0.2) is 23.0 Å². The molecule has 0 aliphatic carbocycles. The molecule has 0 aliphatic heterocycles. The summed E-state index contributed by atoms with van der Waals surface area (Å²) in [4.78, 5) is 14.2. The molecule has 0 fully saturated rings. The molecule has 0 rings (SSSR count). The SMILES string of the molecule is CCCCCCCC/C=C\CCCCCCCCOCCCCCCCC/C=C\CCCCCCCC.O=[P+](O)O. The molecule has 0 unspecified atom stereocenters. The van der Waals surface area contributed by atoms with Crippen LogP contribution in [0.1, 0.15) is 194 Å². The molecule has 0 heterocycles. The van der Waals surface area contributed by atoms with Crippen molar-refractivity contribution in [3.8, 4) is 0 Å². The van der Waals surface area contributed by atoms with Gasteiger partial charge < -0.3 is 4.74 Å². The Kier molecular flexibility index (Phi) is 43.2. The number of rotatable bonds is 32. The highest BCUT2D eigenvalue weighted by atomic mass is 31.1. The summed E-state index contributed by atoms with van der Waals surface area (Å²) in [7, 11) is -2.87. The largest absolute Gasteiger partial charge is 0.692 e. The van der Waals surface area contributed by atoms with Crippen LogP contribution in [-0.2, 0) is 9.30 Å². The Labute approximate surface area is 258 Å². The number of hydrogen-bond donors (Lipinski definition) is 2. The molecule has 41 heavy (non-hydrogen) atoms. The summed E-state index contributed by atoms with van der Waals surface area (Å²) >= 11 is 0. The van der Waals surface area contributed by atoms with Crippen LogP contribution >= 0.6 is 8.25 Å². The molecule has 0 aliphatic rings. The molecular weight excluding hydrogens is 527 g/mol. The zero-order chi connectivity index (χ0) is 30.3. The summed E-state index contributed by atoms with van der Waals surface area (Å²) in [5.74, 6) is 0. The predicted octanol–water partition coefficient (Wildman–Crippen LogP) is 12.7. The van der Waals surface area contributed by atoms with Gasteiger partial charge in [-0.25, -0.2) is 0 Å². The van der Waals surface area contributed by atoms with Crippen LogP contribution in [0.5, 0.6) is 0 Å². The average Bonchev–Trinajstić information content (AvgIpc) is 2.95. The first-order valence-electron chi connectivity index (χ1n) is 17.9. The van der Waals surface area contributed by atoms with E-state index in [-0.39, 0.29) is 0 Å². The van der Waals surface area contributed by atoms with Crippen LogP contribution in [0, 0.1) is 0 Å². The molecule has 2 N–H and O–H groups in total. The van der Waals surface area contributed by atoms with E-state index in [0.717, 1.165) is 13.2 Å². The monoisotopic (exact) mass is 600 g/mol. The van der Waals surface area contributed by atoms with E-state index < -0.39 is 8.25 Å². The number of ether oxygens (including phenoxy) is 1. The molecule has 0 amide bonds. The maximum atomic E-state index is 8.70. The van der Waals surface area contributed by atoms with Crippen molar-refractivity contribution in [2.24, 2.45) is 0 Å². The van der Waals surface area contributed by atoms with E-state index in [9.17, 15) is 0 Å². The lowest BCUT2D eigenvalue weighted by Gasteiger charge is -2.05. The summed E-state index contributed by atoms with van der Waals surface area (Å²) in [5, 5.41) is 0. The first kappa shape index (κ1) is 42.6. The highest BCUT2D eigenvalue weighted by molar-refractivity contribution is 7.30. The molecular formula is C36H72O4P+. The van der Waals surface area contributed by atoms with Crippen LogP contribution < -0.4 is 0 Å². The molecule has 0 radical (unpaired) electrons.